The highest BCUT2D eigenvalue weighted by molar-refractivity contribution is 7.89. The number of sulfonamides is 1. The minimum absolute atomic E-state index is 0.0199. The molecule has 9 nitrogen and oxygen atoms in total. The van der Waals surface area contributed by atoms with Crippen LogP contribution in [0.4, 0.5) is 5.69 Å². The number of fused-ring (bicyclic) bond motifs is 1. The molecular weight excluding hydrogens is 395 g/mol. The van der Waals surface area contributed by atoms with E-state index in [1.165, 1.54) is 13.0 Å². The van der Waals surface area contributed by atoms with Crippen molar-refractivity contribution in [1.29, 1.82) is 0 Å². The molecule has 2 aromatic carbocycles. The molecule has 2 aromatic rings. The van der Waals surface area contributed by atoms with Crippen molar-refractivity contribution < 1.29 is 31.7 Å². The summed E-state index contributed by atoms with van der Waals surface area (Å²) in [5, 5.41) is 1.20. The first-order valence-electron chi connectivity index (χ1n) is 7.96. The number of hydrogen-bond donors (Lipinski definition) is 2. The molecule has 0 aromatic heterocycles. The highest BCUT2D eigenvalue weighted by atomic mass is 32.2. The normalized spacial score (nSPS) is 13.9. The minimum Gasteiger partial charge on any atom is -0.377 e. The van der Waals surface area contributed by atoms with Crippen molar-refractivity contribution in [2.45, 2.75) is 11.8 Å². The molecule has 2 rings (SSSR count). The Hall–Kier alpha value is -1.97. The van der Waals surface area contributed by atoms with Gasteiger partial charge in [0.25, 0.3) is 0 Å². The van der Waals surface area contributed by atoms with Crippen LogP contribution in [0.2, 0.25) is 0 Å². The van der Waals surface area contributed by atoms with Gasteiger partial charge in [-0.15, -0.1) is 0 Å². The predicted molar refractivity (Wildman–Crippen MR) is 101 cm³/mol. The Balaban J connectivity index is 2.26. The number of phosphoric ester groups is 1. The molecule has 0 saturated carbocycles. The number of benzene rings is 2. The van der Waals surface area contributed by atoms with Gasteiger partial charge in [0.15, 0.2) is 0 Å². The fourth-order valence-corrected chi connectivity index (χ4v) is 4.36. The van der Waals surface area contributed by atoms with E-state index in [2.05, 4.69) is 13.8 Å². The molecule has 0 saturated heterocycles. The third-order valence-corrected chi connectivity index (χ3v) is 6.02. The van der Waals surface area contributed by atoms with E-state index in [9.17, 15) is 22.7 Å². The van der Waals surface area contributed by atoms with Crippen LogP contribution in [-0.4, -0.2) is 46.5 Å². The minimum atomic E-state index is -4.55. The quantitative estimate of drug-likeness (QED) is 0.626. The van der Waals surface area contributed by atoms with Gasteiger partial charge in [-0.2, -0.15) is 4.72 Å². The molecule has 0 aliphatic carbocycles. The van der Waals surface area contributed by atoms with Gasteiger partial charge < -0.3 is 9.42 Å². The van der Waals surface area contributed by atoms with Crippen LogP contribution in [-0.2, 0) is 28.4 Å². The average molecular weight is 416 g/mol. The van der Waals surface area contributed by atoms with Crippen molar-refractivity contribution in [3.63, 3.8) is 0 Å². The Morgan fingerprint density at radius 1 is 1.19 bits per heavy atom. The van der Waals surface area contributed by atoms with Crippen LogP contribution in [0.3, 0.4) is 0 Å². The molecule has 1 atom stereocenters. The predicted octanol–water partition coefficient (Wildman–Crippen LogP) is 1.86. The number of nitrogens with zero attached hydrogens (tertiary/aromatic N) is 1. The third kappa shape index (κ3) is 5.27. The lowest BCUT2D eigenvalue weighted by atomic mass is 10.1. The summed E-state index contributed by atoms with van der Waals surface area (Å²) in [6.45, 7) is 0.489. The van der Waals surface area contributed by atoms with Gasteiger partial charge in [0.2, 0.25) is 10.0 Å². The van der Waals surface area contributed by atoms with Crippen LogP contribution in [0.5, 0.6) is 0 Å². The summed E-state index contributed by atoms with van der Waals surface area (Å²) < 4.78 is 47.4. The maximum Gasteiger partial charge on any atom is 0.529 e. The molecule has 1 unspecified atom stereocenters. The first-order chi connectivity index (χ1) is 12.6. The summed E-state index contributed by atoms with van der Waals surface area (Å²) in [5.74, 6) is -1.23. The lowest BCUT2D eigenvalue weighted by Gasteiger charge is -2.17. The van der Waals surface area contributed by atoms with E-state index in [1.54, 1.807) is 24.3 Å². The Morgan fingerprint density at radius 3 is 2.44 bits per heavy atom. The van der Waals surface area contributed by atoms with Gasteiger partial charge in [0.05, 0.1) is 11.5 Å². The summed E-state index contributed by atoms with van der Waals surface area (Å²) in [6, 6.07) is 10.0. The molecule has 0 aliphatic heterocycles. The van der Waals surface area contributed by atoms with Crippen LogP contribution < -0.4 is 9.62 Å². The largest absolute Gasteiger partial charge is 0.529 e. The van der Waals surface area contributed by atoms with Gasteiger partial charge in [0, 0.05) is 30.6 Å². The van der Waals surface area contributed by atoms with Gasteiger partial charge in [-0.3, -0.25) is 14.2 Å². The summed E-state index contributed by atoms with van der Waals surface area (Å²) in [7, 11) is -4.94. The molecule has 0 fully saturated rings. The van der Waals surface area contributed by atoms with Gasteiger partial charge in [-0.25, -0.2) is 13.0 Å². The van der Waals surface area contributed by atoms with E-state index < -0.39 is 30.4 Å². The highest BCUT2D eigenvalue weighted by Gasteiger charge is 2.27. The van der Waals surface area contributed by atoms with Crippen LogP contribution in [0.15, 0.2) is 41.3 Å². The van der Waals surface area contributed by atoms with E-state index >= 15 is 0 Å². The van der Waals surface area contributed by atoms with Gasteiger partial charge in [0.1, 0.15) is 6.54 Å². The highest BCUT2D eigenvalue weighted by Crippen LogP contribution is 2.42. The van der Waals surface area contributed by atoms with Crippen LogP contribution in [0.1, 0.15) is 6.92 Å². The number of anilines is 1. The monoisotopic (exact) mass is 416 g/mol. The summed E-state index contributed by atoms with van der Waals surface area (Å²) in [6.07, 6.45) is 0. The Bertz CT molecular complexity index is 991. The molecule has 2 N–H and O–H groups in total. The second kappa shape index (κ2) is 8.37. The zero-order valence-electron chi connectivity index (χ0n) is 15.1. The average Bonchev–Trinajstić information content (AvgIpc) is 2.58. The topological polar surface area (TPSA) is 122 Å². The van der Waals surface area contributed by atoms with Crippen molar-refractivity contribution in [3.8, 4) is 0 Å². The number of carbonyl (C=O) groups excluding carboxylic acids is 1. The summed E-state index contributed by atoms with van der Waals surface area (Å²) >= 11 is 0. The first kappa shape index (κ1) is 21.3. The van der Waals surface area contributed by atoms with E-state index in [0.29, 0.717) is 5.39 Å². The second-order valence-corrected chi connectivity index (χ2v) is 8.81. The number of nitrogens with one attached hydrogen (secondary N) is 1. The molecule has 27 heavy (non-hydrogen) atoms. The first-order valence-corrected chi connectivity index (χ1v) is 10.9. The third-order valence-electron chi connectivity index (χ3n) is 3.55. The lowest BCUT2D eigenvalue weighted by molar-refractivity contribution is -0.134. The molecule has 0 spiro atoms. The maximum atomic E-state index is 12.6. The zero-order valence-corrected chi connectivity index (χ0v) is 16.8. The Kier molecular flexibility index (Phi) is 6.61. The lowest BCUT2D eigenvalue weighted by Crippen LogP contribution is -2.30. The van der Waals surface area contributed by atoms with Gasteiger partial charge >= 0.3 is 13.8 Å². The number of phosphoric acid groups is 1. The molecule has 11 heteroatoms. The molecule has 0 bridgehead atoms. The number of rotatable bonds is 8. The second-order valence-electron chi connectivity index (χ2n) is 5.70. The van der Waals surface area contributed by atoms with E-state index in [0.717, 1.165) is 11.1 Å². The zero-order chi connectivity index (χ0) is 20.2. The van der Waals surface area contributed by atoms with Crippen molar-refractivity contribution >= 4 is 40.3 Å². The van der Waals surface area contributed by atoms with E-state index in [-0.39, 0.29) is 11.5 Å². The fourth-order valence-electron chi connectivity index (χ4n) is 2.47. The standard InChI is InChI=1S/C16H21N2O7PS/c1-4-24-26(20,21)25-16(19)11-17-27(22,23)15-10-6-7-12-13(15)8-5-9-14(12)18(2)3/h5-10,17H,4,11H2,1-3H3,(H,20,21). The number of carbonyl (C=O) groups is 1. The SMILES string of the molecule is CCOP(=O)(O)OC(=O)CNS(=O)(=O)c1cccc2c(N(C)C)cccc12. The van der Waals surface area contributed by atoms with E-state index in [4.69, 9.17) is 0 Å². The fraction of sp³-hybridized carbons (Fsp3) is 0.312. The van der Waals surface area contributed by atoms with Crippen molar-refractivity contribution in [1.82, 2.24) is 4.72 Å². The van der Waals surface area contributed by atoms with Crippen molar-refractivity contribution in [2.24, 2.45) is 0 Å². The summed E-state index contributed by atoms with van der Waals surface area (Å²) in [5.41, 5.74) is 0.835. The number of hydrogen-bond acceptors (Lipinski definition) is 7. The summed E-state index contributed by atoms with van der Waals surface area (Å²) in [4.78, 5) is 22.8. The van der Waals surface area contributed by atoms with Crippen molar-refractivity contribution in [2.75, 3.05) is 32.1 Å². The molecule has 0 amide bonds. The van der Waals surface area contributed by atoms with Crippen LogP contribution in [0.25, 0.3) is 10.8 Å². The molecule has 0 heterocycles. The maximum absolute atomic E-state index is 12.6. The van der Waals surface area contributed by atoms with Crippen molar-refractivity contribution in [3.05, 3.63) is 36.4 Å². The molecule has 148 valence electrons. The van der Waals surface area contributed by atoms with Crippen LogP contribution in [0, 0.1) is 0 Å². The van der Waals surface area contributed by atoms with Gasteiger partial charge in [-0.1, -0.05) is 24.3 Å². The van der Waals surface area contributed by atoms with Gasteiger partial charge in [-0.05, 0) is 19.1 Å². The smallest absolute Gasteiger partial charge is 0.377 e. The Labute approximate surface area is 157 Å². The van der Waals surface area contributed by atoms with E-state index in [1.807, 2.05) is 25.1 Å². The van der Waals surface area contributed by atoms with Crippen LogP contribution >= 0.6 is 7.82 Å². The molecule has 0 radical (unpaired) electrons. The molecular formula is C16H21N2O7PS. The Morgan fingerprint density at radius 2 is 1.81 bits per heavy atom. The molecule has 0 aliphatic rings.